The summed E-state index contributed by atoms with van der Waals surface area (Å²) in [5, 5.41) is 3.35. The summed E-state index contributed by atoms with van der Waals surface area (Å²) in [6.45, 7) is 6.43. The van der Waals surface area contributed by atoms with Crippen LogP contribution in [0.5, 0.6) is 11.5 Å². The van der Waals surface area contributed by atoms with Crippen LogP contribution in [0.3, 0.4) is 0 Å². The monoisotopic (exact) mass is 263 g/mol. The van der Waals surface area contributed by atoms with Gasteiger partial charge in [-0.1, -0.05) is 6.07 Å². The van der Waals surface area contributed by atoms with Crippen molar-refractivity contribution < 1.29 is 9.47 Å². The van der Waals surface area contributed by atoms with Gasteiger partial charge in [0.2, 0.25) is 6.79 Å². The summed E-state index contributed by atoms with van der Waals surface area (Å²) >= 11 is 0. The summed E-state index contributed by atoms with van der Waals surface area (Å²) in [5.41, 5.74) is 7.36. The van der Waals surface area contributed by atoms with Crippen molar-refractivity contribution in [2.24, 2.45) is 5.73 Å². The van der Waals surface area contributed by atoms with E-state index in [1.54, 1.807) is 0 Å². The van der Waals surface area contributed by atoms with Crippen molar-refractivity contribution in [2.45, 2.75) is 19.0 Å². The van der Waals surface area contributed by atoms with Gasteiger partial charge >= 0.3 is 0 Å². The van der Waals surface area contributed by atoms with Crippen molar-refractivity contribution in [3.8, 4) is 11.5 Å². The summed E-state index contributed by atoms with van der Waals surface area (Å²) < 4.78 is 10.7. The standard InChI is InChI=1S/C14H21N3O2/c1-14(15,17-6-4-16-5-7-17)9-11-2-3-12-13(8-11)19-10-18-12/h2-3,8,16H,4-7,9-10,15H2,1H3. The van der Waals surface area contributed by atoms with E-state index in [0.717, 1.165) is 44.1 Å². The van der Waals surface area contributed by atoms with E-state index in [2.05, 4.69) is 23.2 Å². The first kappa shape index (κ1) is 12.7. The van der Waals surface area contributed by atoms with Gasteiger partial charge in [-0.25, -0.2) is 0 Å². The predicted octanol–water partition coefficient (Wildman–Crippen LogP) is 0.538. The molecular formula is C14H21N3O2. The Labute approximate surface area is 113 Å². The second-order valence-corrected chi connectivity index (χ2v) is 5.46. The molecule has 2 aliphatic heterocycles. The zero-order chi connectivity index (χ0) is 13.3. The van der Waals surface area contributed by atoms with E-state index in [1.807, 2.05) is 12.1 Å². The van der Waals surface area contributed by atoms with E-state index >= 15 is 0 Å². The number of hydrogen-bond donors (Lipinski definition) is 2. The van der Waals surface area contributed by atoms with Crippen molar-refractivity contribution in [3.05, 3.63) is 23.8 Å². The highest BCUT2D eigenvalue weighted by molar-refractivity contribution is 5.44. The van der Waals surface area contributed by atoms with Crippen molar-refractivity contribution in [3.63, 3.8) is 0 Å². The van der Waals surface area contributed by atoms with E-state index < -0.39 is 0 Å². The maximum Gasteiger partial charge on any atom is 0.231 e. The molecule has 1 aromatic carbocycles. The quantitative estimate of drug-likeness (QED) is 0.833. The van der Waals surface area contributed by atoms with Crippen LogP contribution < -0.4 is 20.5 Å². The molecular weight excluding hydrogens is 242 g/mol. The summed E-state index contributed by atoms with van der Waals surface area (Å²) in [7, 11) is 0. The maximum atomic E-state index is 6.49. The van der Waals surface area contributed by atoms with Gasteiger partial charge in [-0.05, 0) is 24.6 Å². The molecule has 0 bridgehead atoms. The lowest BCUT2D eigenvalue weighted by atomic mass is 9.99. The molecule has 0 spiro atoms. The van der Waals surface area contributed by atoms with Crippen LogP contribution >= 0.6 is 0 Å². The van der Waals surface area contributed by atoms with Crippen LogP contribution in [0.4, 0.5) is 0 Å². The van der Waals surface area contributed by atoms with Crippen molar-refractivity contribution in [1.82, 2.24) is 10.2 Å². The number of nitrogens with two attached hydrogens (primary N) is 1. The summed E-state index contributed by atoms with van der Waals surface area (Å²) in [5.74, 6) is 1.65. The van der Waals surface area contributed by atoms with E-state index in [1.165, 1.54) is 5.56 Å². The molecule has 0 aliphatic carbocycles. The molecule has 2 heterocycles. The Hall–Kier alpha value is -1.30. The van der Waals surface area contributed by atoms with Gasteiger partial charge < -0.3 is 20.5 Å². The average molecular weight is 263 g/mol. The van der Waals surface area contributed by atoms with E-state index in [9.17, 15) is 0 Å². The number of nitrogens with one attached hydrogen (secondary N) is 1. The summed E-state index contributed by atoms with van der Waals surface area (Å²) in [6.07, 6.45) is 0.809. The molecule has 5 nitrogen and oxygen atoms in total. The number of piperazine rings is 1. The van der Waals surface area contributed by atoms with Crippen LogP contribution in [-0.2, 0) is 6.42 Å². The molecule has 3 N–H and O–H groups in total. The number of fused-ring (bicyclic) bond motifs is 1. The minimum absolute atomic E-state index is 0.316. The Balaban J connectivity index is 1.72. The van der Waals surface area contributed by atoms with Gasteiger partial charge in [0.05, 0.1) is 5.66 Å². The third kappa shape index (κ3) is 2.68. The molecule has 0 amide bonds. The topological polar surface area (TPSA) is 59.8 Å². The van der Waals surface area contributed by atoms with Crippen LogP contribution in [0, 0.1) is 0 Å². The lowest BCUT2D eigenvalue weighted by Crippen LogP contribution is -2.60. The van der Waals surface area contributed by atoms with Gasteiger partial charge in [0.1, 0.15) is 0 Å². The van der Waals surface area contributed by atoms with Gasteiger partial charge in [-0.15, -0.1) is 0 Å². The molecule has 1 saturated heterocycles. The first-order chi connectivity index (χ1) is 9.15. The second kappa shape index (κ2) is 5.00. The third-order valence-corrected chi connectivity index (χ3v) is 3.84. The van der Waals surface area contributed by atoms with Gasteiger partial charge in [-0.3, -0.25) is 4.90 Å². The highest BCUT2D eigenvalue weighted by Crippen LogP contribution is 2.33. The fourth-order valence-electron chi connectivity index (χ4n) is 2.75. The fourth-order valence-corrected chi connectivity index (χ4v) is 2.75. The van der Waals surface area contributed by atoms with E-state index in [-0.39, 0.29) is 5.66 Å². The average Bonchev–Trinajstić information content (AvgIpc) is 2.87. The number of benzene rings is 1. The zero-order valence-electron chi connectivity index (χ0n) is 11.3. The van der Waals surface area contributed by atoms with Crippen LogP contribution in [0.25, 0.3) is 0 Å². The molecule has 5 heteroatoms. The Morgan fingerprint density at radius 1 is 1.26 bits per heavy atom. The lowest BCUT2D eigenvalue weighted by Gasteiger charge is -2.41. The highest BCUT2D eigenvalue weighted by atomic mass is 16.7. The molecule has 3 rings (SSSR count). The molecule has 1 atom stereocenters. The lowest BCUT2D eigenvalue weighted by molar-refractivity contribution is 0.0932. The highest BCUT2D eigenvalue weighted by Gasteiger charge is 2.29. The number of rotatable bonds is 3. The normalized spacial score (nSPS) is 22.2. The van der Waals surface area contributed by atoms with E-state index in [0.29, 0.717) is 6.79 Å². The van der Waals surface area contributed by atoms with Crippen LogP contribution in [0.15, 0.2) is 18.2 Å². The number of hydrogen-bond acceptors (Lipinski definition) is 5. The van der Waals surface area contributed by atoms with Crippen LogP contribution in [0.1, 0.15) is 12.5 Å². The molecule has 1 unspecified atom stereocenters. The largest absolute Gasteiger partial charge is 0.454 e. The Morgan fingerprint density at radius 3 is 2.79 bits per heavy atom. The predicted molar refractivity (Wildman–Crippen MR) is 73.3 cm³/mol. The first-order valence-electron chi connectivity index (χ1n) is 6.78. The second-order valence-electron chi connectivity index (χ2n) is 5.46. The third-order valence-electron chi connectivity index (χ3n) is 3.84. The zero-order valence-corrected chi connectivity index (χ0v) is 11.3. The van der Waals surface area contributed by atoms with Gasteiger partial charge in [0, 0.05) is 32.6 Å². The summed E-state index contributed by atoms with van der Waals surface area (Å²) in [4.78, 5) is 2.34. The van der Waals surface area contributed by atoms with Gasteiger partial charge in [-0.2, -0.15) is 0 Å². The molecule has 104 valence electrons. The Bertz CT molecular complexity index is 456. The van der Waals surface area contributed by atoms with Crippen molar-refractivity contribution in [1.29, 1.82) is 0 Å². The minimum atomic E-state index is -0.324. The molecule has 2 aliphatic rings. The van der Waals surface area contributed by atoms with Crippen molar-refractivity contribution in [2.75, 3.05) is 33.0 Å². The van der Waals surface area contributed by atoms with Gasteiger partial charge in [0.15, 0.2) is 11.5 Å². The van der Waals surface area contributed by atoms with Crippen LogP contribution in [-0.4, -0.2) is 43.5 Å². The Kier molecular flexibility index (Phi) is 3.35. The maximum absolute atomic E-state index is 6.49. The van der Waals surface area contributed by atoms with Gasteiger partial charge in [0.25, 0.3) is 0 Å². The van der Waals surface area contributed by atoms with E-state index in [4.69, 9.17) is 15.2 Å². The number of nitrogens with zero attached hydrogens (tertiary/aromatic N) is 1. The molecule has 1 aromatic rings. The van der Waals surface area contributed by atoms with Crippen molar-refractivity contribution >= 4 is 0 Å². The molecule has 0 aromatic heterocycles. The SMILES string of the molecule is CC(N)(Cc1ccc2c(c1)OCO2)N1CCNCC1. The molecule has 0 saturated carbocycles. The smallest absolute Gasteiger partial charge is 0.231 e. The number of ether oxygens (including phenoxy) is 2. The first-order valence-corrected chi connectivity index (χ1v) is 6.78. The fraction of sp³-hybridized carbons (Fsp3) is 0.571. The molecule has 0 radical (unpaired) electrons. The summed E-state index contributed by atoms with van der Waals surface area (Å²) in [6, 6.07) is 6.07. The Morgan fingerprint density at radius 2 is 2.00 bits per heavy atom. The molecule has 19 heavy (non-hydrogen) atoms. The minimum Gasteiger partial charge on any atom is -0.454 e. The molecule has 1 fully saturated rings. The van der Waals surface area contributed by atoms with Crippen LogP contribution in [0.2, 0.25) is 0 Å².